The molecule has 2 heterocycles. The van der Waals surface area contributed by atoms with Crippen molar-refractivity contribution in [2.45, 2.75) is 44.6 Å². The second-order valence-corrected chi connectivity index (χ2v) is 8.40. The largest absolute Gasteiger partial charge is 0.368 e. The van der Waals surface area contributed by atoms with Crippen molar-refractivity contribution in [3.8, 4) is 0 Å². The van der Waals surface area contributed by atoms with Crippen molar-refractivity contribution >= 4 is 17.8 Å². The summed E-state index contributed by atoms with van der Waals surface area (Å²) in [4.78, 5) is 35.5. The summed E-state index contributed by atoms with van der Waals surface area (Å²) < 4.78 is 5.53. The standard InChI is InChI=1S/C20H35N5O3/c1-21-19(22-15-20(8-4-5-9-20)18(27)23(2)3)25-12-10-24(11-13-25)17(26)16-7-6-14-28-16/h16H,4-15H2,1-3H3,(H,21,22). The van der Waals surface area contributed by atoms with E-state index in [1.807, 2.05) is 19.0 Å². The normalized spacial score (nSPS) is 25.1. The average Bonchev–Trinajstić information content (AvgIpc) is 3.40. The molecule has 28 heavy (non-hydrogen) atoms. The minimum Gasteiger partial charge on any atom is -0.368 e. The number of nitrogens with zero attached hydrogens (tertiary/aromatic N) is 4. The molecule has 0 aromatic rings. The van der Waals surface area contributed by atoms with Crippen LogP contribution in [0, 0.1) is 5.41 Å². The number of carbonyl (C=O) groups is 2. The lowest BCUT2D eigenvalue weighted by molar-refractivity contribution is -0.142. The molecule has 0 aromatic heterocycles. The SMILES string of the molecule is CN=C(NCC1(C(=O)N(C)C)CCCC1)N1CCN(C(=O)C2CCCO2)CC1. The van der Waals surface area contributed by atoms with Gasteiger partial charge < -0.3 is 24.8 Å². The van der Waals surface area contributed by atoms with Crippen molar-refractivity contribution in [3.63, 3.8) is 0 Å². The maximum absolute atomic E-state index is 12.8. The second kappa shape index (κ2) is 9.11. The van der Waals surface area contributed by atoms with Crippen LogP contribution in [0.3, 0.4) is 0 Å². The number of rotatable bonds is 4. The fourth-order valence-electron chi connectivity index (χ4n) is 4.69. The molecule has 3 rings (SSSR count). The van der Waals surface area contributed by atoms with E-state index in [4.69, 9.17) is 4.74 Å². The molecule has 8 nitrogen and oxygen atoms in total. The number of carbonyl (C=O) groups excluding carboxylic acids is 2. The molecule has 2 amide bonds. The van der Waals surface area contributed by atoms with Crippen molar-refractivity contribution in [3.05, 3.63) is 0 Å². The van der Waals surface area contributed by atoms with Gasteiger partial charge in [0.2, 0.25) is 5.91 Å². The molecule has 158 valence electrons. The molecule has 0 aromatic carbocycles. The van der Waals surface area contributed by atoms with Crippen LogP contribution in [0.25, 0.3) is 0 Å². The third kappa shape index (κ3) is 4.42. The van der Waals surface area contributed by atoms with Crippen LogP contribution in [0.5, 0.6) is 0 Å². The first-order valence-corrected chi connectivity index (χ1v) is 10.5. The van der Waals surface area contributed by atoms with E-state index in [-0.39, 0.29) is 23.3 Å². The summed E-state index contributed by atoms with van der Waals surface area (Å²) in [5, 5.41) is 3.46. The van der Waals surface area contributed by atoms with Gasteiger partial charge in [-0.15, -0.1) is 0 Å². The number of guanidine groups is 1. The molecule has 8 heteroatoms. The third-order valence-electron chi connectivity index (χ3n) is 6.31. The summed E-state index contributed by atoms with van der Waals surface area (Å²) in [6.07, 6.45) is 5.62. The summed E-state index contributed by atoms with van der Waals surface area (Å²) >= 11 is 0. The van der Waals surface area contributed by atoms with Gasteiger partial charge in [-0.1, -0.05) is 12.8 Å². The third-order valence-corrected chi connectivity index (χ3v) is 6.31. The first kappa shape index (κ1) is 20.9. The topological polar surface area (TPSA) is 77.5 Å². The average molecular weight is 394 g/mol. The number of nitrogens with one attached hydrogen (secondary N) is 1. The molecule has 2 aliphatic heterocycles. The number of ether oxygens (including phenoxy) is 1. The predicted molar refractivity (Wildman–Crippen MR) is 108 cm³/mol. The lowest BCUT2D eigenvalue weighted by Gasteiger charge is -2.38. The summed E-state index contributed by atoms with van der Waals surface area (Å²) in [7, 11) is 5.45. The van der Waals surface area contributed by atoms with Crippen LogP contribution in [0.1, 0.15) is 38.5 Å². The molecule has 1 N–H and O–H groups in total. The highest BCUT2D eigenvalue weighted by molar-refractivity contribution is 5.85. The van der Waals surface area contributed by atoms with Gasteiger partial charge in [0.15, 0.2) is 5.96 Å². The van der Waals surface area contributed by atoms with Crippen molar-refractivity contribution in [1.29, 1.82) is 0 Å². The number of aliphatic imine (C=N–C) groups is 1. The van der Waals surface area contributed by atoms with E-state index in [0.717, 1.165) is 57.6 Å². The highest BCUT2D eigenvalue weighted by Gasteiger charge is 2.42. The number of piperazine rings is 1. The zero-order valence-corrected chi connectivity index (χ0v) is 17.6. The van der Waals surface area contributed by atoms with Crippen LogP contribution in [-0.2, 0) is 14.3 Å². The molecule has 0 radical (unpaired) electrons. The first-order chi connectivity index (χ1) is 13.5. The van der Waals surface area contributed by atoms with Gasteiger partial charge in [-0.2, -0.15) is 0 Å². The summed E-state index contributed by atoms with van der Waals surface area (Å²) in [6, 6.07) is 0. The molecular formula is C20H35N5O3. The Morgan fingerprint density at radius 3 is 2.29 bits per heavy atom. The minimum absolute atomic E-state index is 0.126. The second-order valence-electron chi connectivity index (χ2n) is 8.40. The maximum Gasteiger partial charge on any atom is 0.251 e. The molecule has 0 spiro atoms. The number of amides is 2. The Kier molecular flexibility index (Phi) is 6.80. The fourth-order valence-corrected chi connectivity index (χ4v) is 4.69. The van der Waals surface area contributed by atoms with Gasteiger partial charge in [0.05, 0.1) is 5.41 Å². The zero-order chi connectivity index (χ0) is 20.1. The highest BCUT2D eigenvalue weighted by atomic mass is 16.5. The van der Waals surface area contributed by atoms with E-state index in [2.05, 4.69) is 15.2 Å². The van der Waals surface area contributed by atoms with Crippen molar-refractivity contribution in [2.75, 3.05) is 60.5 Å². The summed E-state index contributed by atoms with van der Waals surface area (Å²) in [6.45, 7) is 4.16. The Hall–Kier alpha value is -1.83. The summed E-state index contributed by atoms with van der Waals surface area (Å²) in [5.74, 6) is 1.16. The maximum atomic E-state index is 12.8. The molecule has 2 saturated heterocycles. The van der Waals surface area contributed by atoms with E-state index < -0.39 is 0 Å². The smallest absolute Gasteiger partial charge is 0.251 e. The van der Waals surface area contributed by atoms with Gasteiger partial charge in [0.25, 0.3) is 5.91 Å². The minimum atomic E-state index is -0.322. The van der Waals surface area contributed by atoms with Crippen LogP contribution in [0.15, 0.2) is 4.99 Å². The van der Waals surface area contributed by atoms with Gasteiger partial charge >= 0.3 is 0 Å². The molecule has 1 aliphatic carbocycles. The fraction of sp³-hybridized carbons (Fsp3) is 0.850. The van der Waals surface area contributed by atoms with Gasteiger partial charge in [-0.05, 0) is 25.7 Å². The van der Waals surface area contributed by atoms with Crippen LogP contribution in [0.2, 0.25) is 0 Å². The molecular weight excluding hydrogens is 358 g/mol. The lowest BCUT2D eigenvalue weighted by Crippen LogP contribution is -2.56. The van der Waals surface area contributed by atoms with E-state index in [9.17, 15) is 9.59 Å². The quantitative estimate of drug-likeness (QED) is 0.557. The van der Waals surface area contributed by atoms with E-state index in [1.54, 1.807) is 11.9 Å². The van der Waals surface area contributed by atoms with E-state index in [1.165, 1.54) is 0 Å². The molecule has 1 atom stereocenters. The molecule has 1 unspecified atom stereocenters. The van der Waals surface area contributed by atoms with Crippen LogP contribution in [-0.4, -0.2) is 99.1 Å². The van der Waals surface area contributed by atoms with Gasteiger partial charge in [0, 0.05) is 60.5 Å². The van der Waals surface area contributed by atoms with Gasteiger partial charge in [-0.3, -0.25) is 14.6 Å². The van der Waals surface area contributed by atoms with E-state index in [0.29, 0.717) is 26.2 Å². The first-order valence-electron chi connectivity index (χ1n) is 10.5. The Labute approximate surface area is 168 Å². The Morgan fingerprint density at radius 2 is 1.75 bits per heavy atom. The lowest BCUT2D eigenvalue weighted by atomic mass is 9.84. The van der Waals surface area contributed by atoms with Crippen LogP contribution >= 0.6 is 0 Å². The molecule has 3 aliphatic rings. The highest BCUT2D eigenvalue weighted by Crippen LogP contribution is 2.39. The van der Waals surface area contributed by atoms with Crippen LogP contribution < -0.4 is 5.32 Å². The Bertz CT molecular complexity index is 587. The van der Waals surface area contributed by atoms with Crippen molar-refractivity contribution < 1.29 is 14.3 Å². The monoisotopic (exact) mass is 393 g/mol. The van der Waals surface area contributed by atoms with Crippen molar-refractivity contribution in [1.82, 2.24) is 20.0 Å². The molecule has 3 fully saturated rings. The van der Waals surface area contributed by atoms with Crippen LogP contribution in [0.4, 0.5) is 0 Å². The zero-order valence-electron chi connectivity index (χ0n) is 17.6. The molecule has 0 bridgehead atoms. The van der Waals surface area contributed by atoms with Crippen molar-refractivity contribution in [2.24, 2.45) is 10.4 Å². The van der Waals surface area contributed by atoms with Gasteiger partial charge in [-0.25, -0.2) is 0 Å². The number of hydrogen-bond donors (Lipinski definition) is 1. The van der Waals surface area contributed by atoms with Gasteiger partial charge in [0.1, 0.15) is 6.10 Å². The Balaban J connectivity index is 1.53. The summed E-state index contributed by atoms with van der Waals surface area (Å²) in [5.41, 5.74) is -0.322. The molecule has 1 saturated carbocycles. The Morgan fingerprint density at radius 1 is 1.11 bits per heavy atom. The van der Waals surface area contributed by atoms with E-state index >= 15 is 0 Å². The number of hydrogen-bond acceptors (Lipinski definition) is 4. The predicted octanol–water partition coefficient (Wildman–Crippen LogP) is 0.534.